The first kappa shape index (κ1) is 13.3. The first-order valence-corrected chi connectivity index (χ1v) is 6.76. The molecule has 0 bridgehead atoms. The number of aromatic nitrogens is 1. The summed E-state index contributed by atoms with van der Waals surface area (Å²) in [6.07, 6.45) is 7.56. The van der Waals surface area contributed by atoms with Crippen molar-refractivity contribution in [3.8, 4) is 0 Å². The van der Waals surface area contributed by atoms with Crippen molar-refractivity contribution >= 4 is 0 Å². The molecule has 1 heteroatoms. The lowest BCUT2D eigenvalue weighted by Crippen LogP contribution is -2.04. The van der Waals surface area contributed by atoms with Gasteiger partial charge in [0.1, 0.15) is 0 Å². The minimum absolute atomic E-state index is 0.587. The predicted octanol–water partition coefficient (Wildman–Crippen LogP) is 4.93. The molecule has 0 saturated heterocycles. The van der Waals surface area contributed by atoms with E-state index >= 15 is 0 Å². The van der Waals surface area contributed by atoms with Gasteiger partial charge in [0, 0.05) is 17.9 Å². The van der Waals surface area contributed by atoms with Gasteiger partial charge in [0.2, 0.25) is 0 Å². The molecule has 0 N–H and O–H groups in total. The summed E-state index contributed by atoms with van der Waals surface area (Å²) in [5, 5.41) is 0. The van der Waals surface area contributed by atoms with Gasteiger partial charge < -0.3 is 4.57 Å². The fourth-order valence-electron chi connectivity index (χ4n) is 2.10. The smallest absolute Gasteiger partial charge is 0.0276 e. The van der Waals surface area contributed by atoms with Crippen molar-refractivity contribution < 1.29 is 0 Å². The number of rotatable bonds is 6. The van der Waals surface area contributed by atoms with Crippen molar-refractivity contribution in [2.45, 2.75) is 72.3 Å². The molecule has 0 spiro atoms. The van der Waals surface area contributed by atoms with Crippen molar-refractivity contribution in [2.24, 2.45) is 0 Å². The predicted molar refractivity (Wildman–Crippen MR) is 72.1 cm³/mol. The van der Waals surface area contributed by atoms with Crippen LogP contribution in [0, 0.1) is 0 Å². The molecule has 0 atom stereocenters. The zero-order valence-electron chi connectivity index (χ0n) is 11.6. The molecule has 0 aliphatic rings. The molecular weight excluding hydrogens is 194 g/mol. The van der Waals surface area contributed by atoms with E-state index in [4.69, 9.17) is 0 Å². The molecular formula is C15H27N. The Morgan fingerprint density at radius 1 is 1.12 bits per heavy atom. The van der Waals surface area contributed by atoms with Crippen molar-refractivity contribution in [3.63, 3.8) is 0 Å². The van der Waals surface area contributed by atoms with Crippen LogP contribution in [0.15, 0.2) is 12.3 Å². The fourth-order valence-corrected chi connectivity index (χ4v) is 2.10. The molecule has 0 aliphatic carbocycles. The van der Waals surface area contributed by atoms with E-state index in [-0.39, 0.29) is 0 Å². The summed E-state index contributed by atoms with van der Waals surface area (Å²) >= 11 is 0. The molecule has 1 aromatic heterocycles. The van der Waals surface area contributed by atoms with Gasteiger partial charge in [-0.05, 0) is 44.2 Å². The maximum atomic E-state index is 2.45. The maximum absolute atomic E-state index is 2.45. The van der Waals surface area contributed by atoms with E-state index in [1.54, 1.807) is 0 Å². The van der Waals surface area contributed by atoms with E-state index in [9.17, 15) is 0 Å². The van der Waals surface area contributed by atoms with Gasteiger partial charge >= 0.3 is 0 Å². The number of hydrogen-bond acceptors (Lipinski definition) is 0. The summed E-state index contributed by atoms with van der Waals surface area (Å²) < 4.78 is 2.45. The fraction of sp³-hybridized carbons (Fsp3) is 0.733. The number of unbranched alkanes of at least 4 members (excludes halogenated alkanes) is 2. The van der Waals surface area contributed by atoms with Crippen LogP contribution in [0.1, 0.15) is 77.1 Å². The van der Waals surface area contributed by atoms with Crippen LogP contribution in [0.3, 0.4) is 0 Å². The minimum Gasteiger partial charge on any atom is -0.349 e. The lowest BCUT2D eigenvalue weighted by molar-refractivity contribution is 0.563. The Balaban J connectivity index is 2.79. The summed E-state index contributed by atoms with van der Waals surface area (Å²) in [6.45, 7) is 11.4. The van der Waals surface area contributed by atoms with Gasteiger partial charge in [-0.25, -0.2) is 0 Å². The van der Waals surface area contributed by atoms with E-state index in [1.807, 2.05) is 0 Å². The van der Waals surface area contributed by atoms with Crippen LogP contribution in [0.5, 0.6) is 0 Å². The largest absolute Gasteiger partial charge is 0.349 e. The third kappa shape index (κ3) is 3.40. The van der Waals surface area contributed by atoms with Gasteiger partial charge in [-0.15, -0.1) is 0 Å². The third-order valence-electron chi connectivity index (χ3n) is 3.21. The molecule has 0 radical (unpaired) electrons. The normalized spacial score (nSPS) is 11.7. The second-order valence-electron chi connectivity index (χ2n) is 5.38. The second kappa shape index (κ2) is 6.12. The van der Waals surface area contributed by atoms with Gasteiger partial charge in [-0.2, -0.15) is 0 Å². The van der Waals surface area contributed by atoms with Gasteiger partial charge in [0.05, 0.1) is 0 Å². The summed E-state index contributed by atoms with van der Waals surface area (Å²) in [7, 11) is 0. The molecule has 92 valence electrons. The van der Waals surface area contributed by atoms with E-state index in [0.29, 0.717) is 12.0 Å². The molecule has 1 heterocycles. The van der Waals surface area contributed by atoms with Crippen molar-refractivity contribution in [1.82, 2.24) is 4.57 Å². The zero-order valence-corrected chi connectivity index (χ0v) is 11.6. The zero-order chi connectivity index (χ0) is 12.1. The molecule has 0 amide bonds. The van der Waals surface area contributed by atoms with Crippen LogP contribution in [-0.2, 0) is 6.42 Å². The standard InChI is InChI=1S/C15H27N/c1-6-7-8-9-15-10-14(12(2)3)11-16(15)13(4)5/h10-13H,6-9H2,1-5H3. The topological polar surface area (TPSA) is 4.93 Å². The molecule has 0 saturated carbocycles. The third-order valence-corrected chi connectivity index (χ3v) is 3.21. The van der Waals surface area contributed by atoms with Crippen molar-refractivity contribution in [3.05, 3.63) is 23.5 Å². The number of nitrogens with zero attached hydrogens (tertiary/aromatic N) is 1. The Kier molecular flexibility index (Phi) is 5.11. The number of aryl methyl sites for hydroxylation is 1. The average Bonchev–Trinajstić information content (AvgIpc) is 2.62. The van der Waals surface area contributed by atoms with Gasteiger partial charge in [-0.3, -0.25) is 0 Å². The summed E-state index contributed by atoms with van der Waals surface area (Å²) in [4.78, 5) is 0. The Labute approximate surface area is 101 Å². The van der Waals surface area contributed by atoms with Crippen LogP contribution in [0.2, 0.25) is 0 Å². The summed E-state index contributed by atoms with van der Waals surface area (Å²) in [6, 6.07) is 2.99. The Hall–Kier alpha value is -0.720. The molecule has 1 aromatic rings. The molecule has 0 fully saturated rings. The minimum atomic E-state index is 0.587. The first-order valence-electron chi connectivity index (χ1n) is 6.76. The summed E-state index contributed by atoms with van der Waals surface area (Å²) in [5.74, 6) is 0.643. The quantitative estimate of drug-likeness (QED) is 0.601. The first-order chi connectivity index (χ1) is 7.56. The van der Waals surface area contributed by atoms with Gasteiger partial charge in [-0.1, -0.05) is 33.6 Å². The highest BCUT2D eigenvalue weighted by Gasteiger charge is 2.10. The van der Waals surface area contributed by atoms with Crippen LogP contribution < -0.4 is 0 Å². The second-order valence-corrected chi connectivity index (χ2v) is 5.38. The molecule has 0 aliphatic heterocycles. The molecule has 1 rings (SSSR count). The van der Waals surface area contributed by atoms with Crippen LogP contribution in [-0.4, -0.2) is 4.57 Å². The lowest BCUT2D eigenvalue weighted by atomic mass is 10.1. The Morgan fingerprint density at radius 3 is 2.31 bits per heavy atom. The summed E-state index contributed by atoms with van der Waals surface area (Å²) in [5.41, 5.74) is 3.01. The monoisotopic (exact) mass is 221 g/mol. The Morgan fingerprint density at radius 2 is 1.81 bits per heavy atom. The van der Waals surface area contributed by atoms with E-state index in [0.717, 1.165) is 0 Å². The van der Waals surface area contributed by atoms with E-state index < -0.39 is 0 Å². The van der Waals surface area contributed by atoms with E-state index in [2.05, 4.69) is 51.4 Å². The average molecular weight is 221 g/mol. The van der Waals surface area contributed by atoms with Gasteiger partial charge in [0.15, 0.2) is 0 Å². The van der Waals surface area contributed by atoms with Crippen LogP contribution in [0.25, 0.3) is 0 Å². The maximum Gasteiger partial charge on any atom is 0.0276 e. The molecule has 16 heavy (non-hydrogen) atoms. The van der Waals surface area contributed by atoms with Crippen molar-refractivity contribution in [1.29, 1.82) is 0 Å². The molecule has 0 aromatic carbocycles. The molecule has 1 nitrogen and oxygen atoms in total. The SMILES string of the molecule is CCCCCc1cc(C(C)C)cn1C(C)C. The Bertz CT molecular complexity index is 307. The molecule has 0 unspecified atom stereocenters. The lowest BCUT2D eigenvalue weighted by Gasteiger charge is -2.12. The van der Waals surface area contributed by atoms with Crippen molar-refractivity contribution in [2.75, 3.05) is 0 Å². The van der Waals surface area contributed by atoms with Gasteiger partial charge in [0.25, 0.3) is 0 Å². The number of hydrogen-bond donors (Lipinski definition) is 0. The highest BCUT2D eigenvalue weighted by atomic mass is 15.0. The van der Waals surface area contributed by atoms with Crippen LogP contribution >= 0.6 is 0 Å². The highest BCUT2D eigenvalue weighted by Crippen LogP contribution is 2.22. The van der Waals surface area contributed by atoms with Crippen LogP contribution in [0.4, 0.5) is 0 Å². The van der Waals surface area contributed by atoms with E-state index in [1.165, 1.54) is 36.9 Å². The highest BCUT2D eigenvalue weighted by molar-refractivity contribution is 5.22.